The predicted molar refractivity (Wildman–Crippen MR) is 55.4 cm³/mol. The van der Waals surface area contributed by atoms with Crippen LogP contribution in [0.3, 0.4) is 0 Å². The lowest BCUT2D eigenvalue weighted by atomic mass is 10.1. The maximum Gasteiger partial charge on any atom is 0.189 e. The molecule has 0 atom stereocenters. The van der Waals surface area contributed by atoms with Crippen LogP contribution in [0.5, 0.6) is 0 Å². The summed E-state index contributed by atoms with van der Waals surface area (Å²) in [5.74, 6) is 0. The van der Waals surface area contributed by atoms with Gasteiger partial charge in [-0.25, -0.2) is 0 Å². The van der Waals surface area contributed by atoms with Gasteiger partial charge in [-0.1, -0.05) is 41.0 Å². The SMILES string of the molecule is CC(=NO)c1ccc(C=C(F)Cl)cc1. The minimum atomic E-state index is -0.759. The van der Waals surface area contributed by atoms with Crippen LogP contribution in [0.25, 0.3) is 6.08 Å². The molecule has 1 aromatic carbocycles. The molecule has 1 N–H and O–H groups in total. The van der Waals surface area contributed by atoms with Crippen LogP contribution < -0.4 is 0 Å². The van der Waals surface area contributed by atoms with Crippen molar-refractivity contribution < 1.29 is 9.60 Å². The Morgan fingerprint density at radius 2 is 2.00 bits per heavy atom. The summed E-state index contributed by atoms with van der Waals surface area (Å²) < 4.78 is 12.3. The fraction of sp³-hybridized carbons (Fsp3) is 0.100. The molecule has 0 saturated heterocycles. The highest BCUT2D eigenvalue weighted by Crippen LogP contribution is 2.12. The zero-order valence-corrected chi connectivity index (χ0v) is 8.29. The zero-order valence-electron chi connectivity index (χ0n) is 7.54. The Hall–Kier alpha value is -1.35. The van der Waals surface area contributed by atoms with Crippen LogP contribution in [-0.4, -0.2) is 10.9 Å². The second kappa shape index (κ2) is 4.77. The summed E-state index contributed by atoms with van der Waals surface area (Å²) >= 11 is 5.07. The lowest BCUT2D eigenvalue weighted by molar-refractivity contribution is 0.319. The standard InChI is InChI=1S/C10H9ClFNO/c1-7(13-14)9-4-2-8(3-5-9)6-10(11)12/h2-6,14H,1H3. The number of oxime groups is 1. The lowest BCUT2D eigenvalue weighted by Crippen LogP contribution is -1.93. The van der Waals surface area contributed by atoms with E-state index in [0.29, 0.717) is 11.3 Å². The second-order valence-corrected chi connectivity index (χ2v) is 3.10. The van der Waals surface area contributed by atoms with Gasteiger partial charge in [0.15, 0.2) is 5.29 Å². The molecule has 74 valence electrons. The van der Waals surface area contributed by atoms with E-state index in [1.165, 1.54) is 6.08 Å². The van der Waals surface area contributed by atoms with Gasteiger partial charge in [0.1, 0.15) is 0 Å². The molecular formula is C10H9ClFNO. The van der Waals surface area contributed by atoms with Crippen LogP contribution in [0, 0.1) is 0 Å². The molecule has 4 heteroatoms. The van der Waals surface area contributed by atoms with Gasteiger partial charge in [-0.3, -0.25) is 0 Å². The van der Waals surface area contributed by atoms with Gasteiger partial charge in [0.25, 0.3) is 0 Å². The Bertz CT molecular complexity index is 366. The van der Waals surface area contributed by atoms with Crippen molar-refractivity contribution in [3.8, 4) is 0 Å². The average molecular weight is 214 g/mol. The van der Waals surface area contributed by atoms with E-state index in [2.05, 4.69) is 5.16 Å². The first-order valence-electron chi connectivity index (χ1n) is 3.95. The molecule has 0 aromatic heterocycles. The summed E-state index contributed by atoms with van der Waals surface area (Å²) in [4.78, 5) is 0. The van der Waals surface area contributed by atoms with Crippen LogP contribution in [0.4, 0.5) is 4.39 Å². The summed E-state index contributed by atoms with van der Waals surface area (Å²) in [7, 11) is 0. The monoisotopic (exact) mass is 213 g/mol. The third kappa shape index (κ3) is 2.85. The Balaban J connectivity index is 2.95. The van der Waals surface area contributed by atoms with Gasteiger partial charge in [0.2, 0.25) is 0 Å². The molecule has 0 amide bonds. The van der Waals surface area contributed by atoms with E-state index in [0.717, 1.165) is 5.56 Å². The normalized spacial score (nSPS) is 13.1. The van der Waals surface area contributed by atoms with Crippen molar-refractivity contribution in [3.63, 3.8) is 0 Å². The van der Waals surface area contributed by atoms with E-state index in [1.807, 2.05) is 0 Å². The first kappa shape index (κ1) is 10.7. The van der Waals surface area contributed by atoms with Crippen LogP contribution >= 0.6 is 11.6 Å². The second-order valence-electron chi connectivity index (χ2n) is 2.74. The van der Waals surface area contributed by atoms with Crippen LogP contribution in [-0.2, 0) is 0 Å². The molecule has 1 aromatic rings. The number of nitrogens with zero attached hydrogens (tertiary/aromatic N) is 1. The van der Waals surface area contributed by atoms with Crippen molar-refractivity contribution in [3.05, 3.63) is 40.7 Å². The number of benzene rings is 1. The predicted octanol–water partition coefficient (Wildman–Crippen LogP) is 3.39. The summed E-state index contributed by atoms with van der Waals surface area (Å²) in [6, 6.07) is 6.82. The lowest BCUT2D eigenvalue weighted by Gasteiger charge is -1.98. The number of hydrogen-bond donors (Lipinski definition) is 1. The van der Waals surface area contributed by atoms with Gasteiger partial charge in [0.05, 0.1) is 5.71 Å². The Labute approximate surface area is 86.3 Å². The van der Waals surface area contributed by atoms with E-state index in [-0.39, 0.29) is 0 Å². The molecular weight excluding hydrogens is 205 g/mol. The smallest absolute Gasteiger partial charge is 0.189 e. The van der Waals surface area contributed by atoms with Crippen molar-refractivity contribution in [2.24, 2.45) is 5.16 Å². The highest BCUT2D eigenvalue weighted by molar-refractivity contribution is 6.30. The van der Waals surface area contributed by atoms with Crippen molar-refractivity contribution in [2.75, 3.05) is 0 Å². The molecule has 0 saturated carbocycles. The van der Waals surface area contributed by atoms with Gasteiger partial charge in [-0.2, -0.15) is 4.39 Å². The highest BCUT2D eigenvalue weighted by atomic mass is 35.5. The minimum absolute atomic E-state index is 0.506. The topological polar surface area (TPSA) is 32.6 Å². The molecule has 0 aliphatic rings. The average Bonchev–Trinajstić information content (AvgIpc) is 2.17. The van der Waals surface area contributed by atoms with Gasteiger partial charge in [-0.15, -0.1) is 0 Å². The maximum atomic E-state index is 12.3. The van der Waals surface area contributed by atoms with E-state index in [9.17, 15) is 4.39 Å². The van der Waals surface area contributed by atoms with Gasteiger partial charge in [-0.05, 0) is 24.1 Å². The Morgan fingerprint density at radius 1 is 1.43 bits per heavy atom. The van der Waals surface area contributed by atoms with E-state index in [4.69, 9.17) is 16.8 Å². The first-order chi connectivity index (χ1) is 6.63. The Kier molecular flexibility index (Phi) is 3.65. The van der Waals surface area contributed by atoms with Crippen LogP contribution in [0.1, 0.15) is 18.1 Å². The molecule has 14 heavy (non-hydrogen) atoms. The zero-order chi connectivity index (χ0) is 10.6. The van der Waals surface area contributed by atoms with Crippen molar-refractivity contribution in [1.29, 1.82) is 0 Å². The molecule has 0 unspecified atom stereocenters. The molecule has 0 aliphatic heterocycles. The summed E-state index contributed by atoms with van der Waals surface area (Å²) in [5.41, 5.74) is 1.94. The highest BCUT2D eigenvalue weighted by Gasteiger charge is 1.97. The molecule has 0 heterocycles. The fourth-order valence-electron chi connectivity index (χ4n) is 1.00. The van der Waals surface area contributed by atoms with Crippen molar-refractivity contribution >= 4 is 23.4 Å². The minimum Gasteiger partial charge on any atom is -0.411 e. The summed E-state index contributed by atoms with van der Waals surface area (Å²) in [6.07, 6.45) is 1.21. The molecule has 0 radical (unpaired) electrons. The maximum absolute atomic E-state index is 12.3. The molecule has 0 fully saturated rings. The third-order valence-electron chi connectivity index (χ3n) is 1.75. The van der Waals surface area contributed by atoms with Crippen molar-refractivity contribution in [2.45, 2.75) is 6.92 Å². The Morgan fingerprint density at radius 3 is 2.43 bits per heavy atom. The molecule has 0 spiro atoms. The van der Waals surface area contributed by atoms with Gasteiger partial charge < -0.3 is 5.21 Å². The van der Waals surface area contributed by atoms with Crippen LogP contribution in [0.15, 0.2) is 34.7 Å². The summed E-state index contributed by atoms with van der Waals surface area (Å²) in [5, 5.41) is 10.8. The molecule has 0 aliphatic carbocycles. The third-order valence-corrected chi connectivity index (χ3v) is 1.86. The molecule has 1 rings (SSSR count). The number of hydrogen-bond acceptors (Lipinski definition) is 2. The quantitative estimate of drug-likeness (QED) is 0.456. The fourth-order valence-corrected chi connectivity index (χ4v) is 1.13. The van der Waals surface area contributed by atoms with E-state index in [1.54, 1.807) is 31.2 Å². The van der Waals surface area contributed by atoms with Gasteiger partial charge >= 0.3 is 0 Å². The van der Waals surface area contributed by atoms with Crippen molar-refractivity contribution in [1.82, 2.24) is 0 Å². The van der Waals surface area contributed by atoms with Gasteiger partial charge in [0, 0.05) is 0 Å². The van der Waals surface area contributed by atoms with E-state index >= 15 is 0 Å². The molecule has 2 nitrogen and oxygen atoms in total. The number of halogens is 2. The summed E-state index contributed by atoms with van der Waals surface area (Å²) in [6.45, 7) is 1.67. The number of rotatable bonds is 2. The first-order valence-corrected chi connectivity index (χ1v) is 4.33. The largest absolute Gasteiger partial charge is 0.411 e. The van der Waals surface area contributed by atoms with Crippen LogP contribution in [0.2, 0.25) is 0 Å². The van der Waals surface area contributed by atoms with E-state index < -0.39 is 5.29 Å². The molecule has 0 bridgehead atoms.